The number of hydrogen-bond donors (Lipinski definition) is 2. The van der Waals surface area contributed by atoms with E-state index in [1.165, 1.54) is 12.3 Å². The highest BCUT2D eigenvalue weighted by atomic mass is 16.5. The van der Waals surface area contributed by atoms with Crippen molar-refractivity contribution in [1.29, 1.82) is 0 Å². The fourth-order valence-corrected chi connectivity index (χ4v) is 1.94. The van der Waals surface area contributed by atoms with Gasteiger partial charge in [0.1, 0.15) is 5.75 Å². The maximum absolute atomic E-state index is 11.3. The molecule has 0 bridgehead atoms. The number of hydrogen-bond acceptors (Lipinski definition) is 4. The van der Waals surface area contributed by atoms with Crippen LogP contribution < -0.4 is 16.2 Å². The molecule has 20 heavy (non-hydrogen) atoms. The number of carbonyl (C=O) groups excluding carboxylic acids is 1. The molecule has 0 spiro atoms. The van der Waals surface area contributed by atoms with Gasteiger partial charge in [-0.2, -0.15) is 0 Å². The van der Waals surface area contributed by atoms with Gasteiger partial charge in [0.25, 0.3) is 5.91 Å². The molecule has 0 fully saturated rings. The number of nitrogen functional groups attached to an aromatic ring is 1. The highest BCUT2D eigenvalue weighted by Crippen LogP contribution is 2.28. The van der Waals surface area contributed by atoms with Gasteiger partial charge >= 0.3 is 0 Å². The largest absolute Gasteiger partial charge is 0.439 e. The summed E-state index contributed by atoms with van der Waals surface area (Å²) < 4.78 is 5.74. The molecule has 0 atom stereocenters. The molecule has 104 valence electrons. The Kier molecular flexibility index (Phi) is 3.61. The summed E-state index contributed by atoms with van der Waals surface area (Å²) in [6, 6.07) is 5.45. The molecule has 0 aliphatic heterocycles. The van der Waals surface area contributed by atoms with Gasteiger partial charge in [-0.3, -0.25) is 4.79 Å². The normalized spacial score (nSPS) is 10.3. The summed E-state index contributed by atoms with van der Waals surface area (Å²) in [5, 5.41) is 0. The van der Waals surface area contributed by atoms with Crippen LogP contribution in [0.2, 0.25) is 0 Å². The lowest BCUT2D eigenvalue weighted by molar-refractivity contribution is 0.100. The molecule has 0 unspecified atom stereocenters. The Labute approximate surface area is 117 Å². The zero-order chi connectivity index (χ0) is 14.9. The third kappa shape index (κ3) is 2.71. The number of nitrogens with two attached hydrogens (primary N) is 2. The first-order chi connectivity index (χ1) is 9.38. The summed E-state index contributed by atoms with van der Waals surface area (Å²) >= 11 is 0. The molecule has 1 amide bonds. The van der Waals surface area contributed by atoms with Crippen molar-refractivity contribution in [2.75, 3.05) is 5.73 Å². The predicted octanol–water partition coefficient (Wildman–Crippen LogP) is 2.48. The summed E-state index contributed by atoms with van der Waals surface area (Å²) in [6.45, 7) is 5.97. The lowest BCUT2D eigenvalue weighted by Gasteiger charge is -2.12. The van der Waals surface area contributed by atoms with Gasteiger partial charge in [0.05, 0.1) is 17.4 Å². The number of carbonyl (C=O) groups is 1. The van der Waals surface area contributed by atoms with E-state index in [1.54, 1.807) is 0 Å². The molecule has 1 aromatic heterocycles. The average molecular weight is 271 g/mol. The Balaban J connectivity index is 2.40. The van der Waals surface area contributed by atoms with E-state index in [2.05, 4.69) is 11.1 Å². The number of benzene rings is 1. The number of primary amides is 1. The molecule has 1 heterocycles. The van der Waals surface area contributed by atoms with Crippen molar-refractivity contribution in [3.63, 3.8) is 0 Å². The number of rotatable bonds is 3. The first-order valence-corrected chi connectivity index (χ1v) is 6.19. The predicted molar refractivity (Wildman–Crippen MR) is 77.9 cm³/mol. The maximum atomic E-state index is 11.3. The molecule has 4 N–H and O–H groups in total. The van der Waals surface area contributed by atoms with Crippen LogP contribution >= 0.6 is 0 Å². The van der Waals surface area contributed by atoms with Crippen LogP contribution in [0.5, 0.6) is 11.6 Å². The van der Waals surface area contributed by atoms with Crippen LogP contribution in [-0.4, -0.2) is 10.9 Å². The van der Waals surface area contributed by atoms with Crippen LogP contribution in [0.1, 0.15) is 27.0 Å². The van der Waals surface area contributed by atoms with E-state index in [9.17, 15) is 4.79 Å². The van der Waals surface area contributed by atoms with Crippen LogP contribution in [0.4, 0.5) is 5.69 Å². The maximum Gasteiger partial charge on any atom is 0.251 e. The number of aromatic nitrogens is 1. The van der Waals surface area contributed by atoms with E-state index < -0.39 is 5.91 Å². The third-order valence-electron chi connectivity index (χ3n) is 3.15. The fraction of sp³-hybridized carbons (Fsp3) is 0.200. The Morgan fingerprint density at radius 2 is 1.90 bits per heavy atom. The van der Waals surface area contributed by atoms with Gasteiger partial charge < -0.3 is 16.2 Å². The molecular weight excluding hydrogens is 254 g/mol. The van der Waals surface area contributed by atoms with Gasteiger partial charge in [0.2, 0.25) is 5.88 Å². The summed E-state index contributed by atoms with van der Waals surface area (Å²) in [4.78, 5) is 15.3. The number of amides is 1. The summed E-state index contributed by atoms with van der Waals surface area (Å²) in [6.07, 6.45) is 1.37. The second kappa shape index (κ2) is 5.21. The van der Waals surface area contributed by atoms with Crippen molar-refractivity contribution < 1.29 is 9.53 Å². The van der Waals surface area contributed by atoms with Gasteiger partial charge in [-0.1, -0.05) is 6.07 Å². The van der Waals surface area contributed by atoms with E-state index in [0.29, 0.717) is 11.6 Å². The first-order valence-electron chi connectivity index (χ1n) is 6.19. The lowest BCUT2D eigenvalue weighted by atomic mass is 10.1. The SMILES string of the molecule is Cc1cc(C)c(C)c(Oc2cc(C(N)=O)c(N)cn2)c1. The van der Waals surface area contributed by atoms with Crippen LogP contribution in [0.3, 0.4) is 0 Å². The highest BCUT2D eigenvalue weighted by Gasteiger charge is 2.11. The minimum atomic E-state index is -0.605. The minimum Gasteiger partial charge on any atom is -0.439 e. The second-order valence-corrected chi connectivity index (χ2v) is 4.78. The number of anilines is 1. The number of pyridine rings is 1. The van der Waals surface area contributed by atoms with Crippen LogP contribution in [-0.2, 0) is 0 Å². The first kappa shape index (κ1) is 13.9. The molecule has 0 saturated carbocycles. The van der Waals surface area contributed by atoms with Gasteiger partial charge in [-0.15, -0.1) is 0 Å². The van der Waals surface area contributed by atoms with Gasteiger partial charge in [-0.25, -0.2) is 4.98 Å². The molecule has 0 saturated heterocycles. The van der Waals surface area contributed by atoms with Crippen molar-refractivity contribution >= 4 is 11.6 Å². The topological polar surface area (TPSA) is 91.2 Å². The third-order valence-corrected chi connectivity index (χ3v) is 3.15. The Morgan fingerprint density at radius 1 is 1.20 bits per heavy atom. The van der Waals surface area contributed by atoms with E-state index in [1.807, 2.05) is 26.8 Å². The highest BCUT2D eigenvalue weighted by molar-refractivity contribution is 5.98. The van der Waals surface area contributed by atoms with Crippen molar-refractivity contribution in [3.05, 3.63) is 46.6 Å². The molecule has 1 aromatic carbocycles. The van der Waals surface area contributed by atoms with Crippen LogP contribution in [0.25, 0.3) is 0 Å². The Hall–Kier alpha value is -2.56. The lowest BCUT2D eigenvalue weighted by Crippen LogP contribution is -2.14. The summed E-state index contributed by atoms with van der Waals surface area (Å²) in [5.74, 6) is 0.392. The molecular formula is C15H17N3O2. The van der Waals surface area contributed by atoms with Crippen LogP contribution in [0, 0.1) is 20.8 Å². The molecule has 2 rings (SSSR count). The quantitative estimate of drug-likeness (QED) is 0.897. The summed E-state index contributed by atoms with van der Waals surface area (Å²) in [5.41, 5.74) is 14.6. The monoisotopic (exact) mass is 271 g/mol. The fourth-order valence-electron chi connectivity index (χ4n) is 1.94. The molecule has 0 aliphatic carbocycles. The standard InChI is InChI=1S/C15H17N3O2/c1-8-4-9(2)10(3)13(5-8)20-14-6-11(15(17)19)12(16)7-18-14/h4-7H,16H2,1-3H3,(H2,17,19). The number of nitrogens with zero attached hydrogens (tertiary/aromatic N) is 1. The minimum absolute atomic E-state index is 0.206. The van der Waals surface area contributed by atoms with Crippen LogP contribution in [0.15, 0.2) is 24.4 Å². The van der Waals surface area contributed by atoms with E-state index in [-0.39, 0.29) is 11.3 Å². The average Bonchev–Trinajstić information content (AvgIpc) is 2.37. The second-order valence-electron chi connectivity index (χ2n) is 4.78. The van der Waals surface area contributed by atoms with Gasteiger partial charge in [0, 0.05) is 6.07 Å². The zero-order valence-electron chi connectivity index (χ0n) is 11.7. The molecule has 5 nitrogen and oxygen atoms in total. The number of aryl methyl sites for hydroxylation is 2. The Morgan fingerprint density at radius 3 is 2.55 bits per heavy atom. The zero-order valence-corrected chi connectivity index (χ0v) is 11.7. The van der Waals surface area contributed by atoms with E-state index in [4.69, 9.17) is 16.2 Å². The molecule has 5 heteroatoms. The smallest absolute Gasteiger partial charge is 0.251 e. The van der Waals surface area contributed by atoms with Gasteiger partial charge in [-0.05, 0) is 43.5 Å². The van der Waals surface area contributed by atoms with Crippen molar-refractivity contribution in [3.8, 4) is 11.6 Å². The molecule has 0 aliphatic rings. The van der Waals surface area contributed by atoms with Crippen molar-refractivity contribution in [2.24, 2.45) is 5.73 Å². The van der Waals surface area contributed by atoms with E-state index >= 15 is 0 Å². The Bertz CT molecular complexity index is 681. The molecule has 0 radical (unpaired) electrons. The van der Waals surface area contributed by atoms with Crippen molar-refractivity contribution in [1.82, 2.24) is 4.98 Å². The number of ether oxygens (including phenoxy) is 1. The van der Waals surface area contributed by atoms with E-state index in [0.717, 1.165) is 16.7 Å². The van der Waals surface area contributed by atoms with Gasteiger partial charge in [0.15, 0.2) is 0 Å². The summed E-state index contributed by atoms with van der Waals surface area (Å²) in [7, 11) is 0. The molecule has 2 aromatic rings. The van der Waals surface area contributed by atoms with Crippen molar-refractivity contribution in [2.45, 2.75) is 20.8 Å².